The zero-order valence-corrected chi connectivity index (χ0v) is 13.9. The van der Waals surface area contributed by atoms with Crippen LogP contribution in [0.5, 0.6) is 0 Å². The maximum atomic E-state index is 11.5. The van der Waals surface area contributed by atoms with E-state index in [2.05, 4.69) is 5.32 Å². The molecule has 1 N–H and O–H groups in total. The first-order chi connectivity index (χ1) is 11.3. The second-order valence-electron chi connectivity index (χ2n) is 4.59. The van der Waals surface area contributed by atoms with Crippen LogP contribution in [0.3, 0.4) is 0 Å². The Bertz CT molecular complexity index is 922. The Kier molecular flexibility index (Phi) is 4.35. The first-order valence-corrected chi connectivity index (χ1v) is 7.91. The van der Waals surface area contributed by atoms with E-state index in [0.29, 0.717) is 5.76 Å². The molecular weight excluding hydrogens is 379 g/mol. The third kappa shape index (κ3) is 3.16. The number of thioether (sulfide) groups is 1. The van der Waals surface area contributed by atoms with Gasteiger partial charge in [0.05, 0.1) is 14.9 Å². The minimum absolute atomic E-state index is 0.0832. The van der Waals surface area contributed by atoms with Gasteiger partial charge < -0.3 is 4.42 Å². The summed E-state index contributed by atoms with van der Waals surface area (Å²) in [5, 5.41) is 12.7. The summed E-state index contributed by atoms with van der Waals surface area (Å²) in [6.07, 6.45) is 1.40. The third-order valence-corrected chi connectivity index (χ3v) is 4.47. The molecule has 1 aliphatic rings. The van der Waals surface area contributed by atoms with Crippen LogP contribution in [-0.4, -0.2) is 16.1 Å². The lowest BCUT2D eigenvalue weighted by Gasteiger charge is -2.02. The summed E-state index contributed by atoms with van der Waals surface area (Å²) in [5.41, 5.74) is -0.0132. The molecule has 0 aliphatic carbocycles. The van der Waals surface area contributed by atoms with Gasteiger partial charge in [-0.05, 0) is 30.0 Å². The largest absolute Gasteiger partial charge is 0.457 e. The van der Waals surface area contributed by atoms with Crippen molar-refractivity contribution >= 4 is 57.9 Å². The molecule has 10 heteroatoms. The molecule has 0 saturated carbocycles. The maximum Gasteiger partial charge on any atom is 0.290 e. The second kappa shape index (κ2) is 6.31. The van der Waals surface area contributed by atoms with E-state index in [-0.39, 0.29) is 32.0 Å². The molecule has 2 amide bonds. The van der Waals surface area contributed by atoms with Gasteiger partial charge in [0.1, 0.15) is 16.5 Å². The number of hydrogen-bond donors (Lipinski definition) is 1. The number of halogens is 2. The van der Waals surface area contributed by atoms with Crippen molar-refractivity contribution in [2.75, 3.05) is 0 Å². The number of imide groups is 1. The van der Waals surface area contributed by atoms with Gasteiger partial charge in [0.2, 0.25) is 0 Å². The Morgan fingerprint density at radius 2 is 1.96 bits per heavy atom. The van der Waals surface area contributed by atoms with Crippen LogP contribution < -0.4 is 5.32 Å². The average Bonchev–Trinajstić information content (AvgIpc) is 3.06. The topological polar surface area (TPSA) is 102 Å². The minimum atomic E-state index is -0.626. The second-order valence-corrected chi connectivity index (χ2v) is 6.42. The summed E-state index contributed by atoms with van der Waals surface area (Å²) < 4.78 is 5.54. The van der Waals surface area contributed by atoms with E-state index in [1.165, 1.54) is 18.2 Å². The zero-order valence-electron chi connectivity index (χ0n) is 11.5. The lowest BCUT2D eigenvalue weighted by molar-refractivity contribution is -0.384. The van der Waals surface area contributed by atoms with Crippen molar-refractivity contribution in [3.05, 3.63) is 55.1 Å². The van der Waals surface area contributed by atoms with Crippen molar-refractivity contribution in [2.45, 2.75) is 0 Å². The fraction of sp³-hybridized carbons (Fsp3) is 0. The van der Waals surface area contributed by atoms with Gasteiger partial charge in [-0.2, -0.15) is 0 Å². The van der Waals surface area contributed by atoms with Crippen LogP contribution in [0.2, 0.25) is 10.0 Å². The van der Waals surface area contributed by atoms with E-state index >= 15 is 0 Å². The number of hydrogen-bond acceptors (Lipinski definition) is 6. The number of furan rings is 1. The number of carbonyl (C=O) groups is 2. The molecule has 0 radical (unpaired) electrons. The molecule has 3 rings (SSSR count). The molecule has 2 heterocycles. The molecule has 1 fully saturated rings. The Hall–Kier alpha value is -2.29. The SMILES string of the molecule is O=C1NC(=O)/C(=C/c2ccc(-c3cc([N+](=O)[O-])c(Cl)cc3Cl)o2)S1. The summed E-state index contributed by atoms with van der Waals surface area (Å²) >= 11 is 12.6. The fourth-order valence-electron chi connectivity index (χ4n) is 1.99. The Morgan fingerprint density at radius 1 is 1.21 bits per heavy atom. The van der Waals surface area contributed by atoms with Crippen LogP contribution in [0, 0.1) is 10.1 Å². The summed E-state index contributed by atoms with van der Waals surface area (Å²) in [6.45, 7) is 0. The normalized spacial score (nSPS) is 15.8. The molecule has 122 valence electrons. The van der Waals surface area contributed by atoms with Gasteiger partial charge in [-0.1, -0.05) is 23.2 Å². The van der Waals surface area contributed by atoms with Crippen molar-refractivity contribution in [3.8, 4) is 11.3 Å². The molecule has 24 heavy (non-hydrogen) atoms. The summed E-state index contributed by atoms with van der Waals surface area (Å²) in [6, 6.07) is 5.57. The van der Waals surface area contributed by atoms with Crippen LogP contribution in [0.25, 0.3) is 17.4 Å². The predicted molar refractivity (Wildman–Crippen MR) is 89.9 cm³/mol. The van der Waals surface area contributed by atoms with E-state index in [0.717, 1.165) is 11.8 Å². The van der Waals surface area contributed by atoms with E-state index in [1.54, 1.807) is 12.1 Å². The number of nitrogens with one attached hydrogen (secondary N) is 1. The van der Waals surface area contributed by atoms with Crippen LogP contribution >= 0.6 is 35.0 Å². The van der Waals surface area contributed by atoms with Gasteiger partial charge >= 0.3 is 0 Å². The number of benzene rings is 1. The van der Waals surface area contributed by atoms with E-state index in [9.17, 15) is 19.7 Å². The van der Waals surface area contributed by atoms with Crippen LogP contribution in [0.4, 0.5) is 10.5 Å². The Morgan fingerprint density at radius 3 is 2.58 bits per heavy atom. The lowest BCUT2D eigenvalue weighted by atomic mass is 10.1. The summed E-state index contributed by atoms with van der Waals surface area (Å²) in [7, 11) is 0. The Balaban J connectivity index is 1.98. The van der Waals surface area contributed by atoms with Gasteiger partial charge in [-0.25, -0.2) is 0 Å². The van der Waals surface area contributed by atoms with Crippen LogP contribution in [-0.2, 0) is 4.79 Å². The van der Waals surface area contributed by atoms with E-state index in [1.807, 2.05) is 0 Å². The number of nitrogens with zero attached hydrogens (tertiary/aromatic N) is 1. The summed E-state index contributed by atoms with van der Waals surface area (Å²) in [4.78, 5) is 33.2. The average molecular weight is 385 g/mol. The lowest BCUT2D eigenvalue weighted by Crippen LogP contribution is -2.17. The van der Waals surface area contributed by atoms with Gasteiger partial charge in [0, 0.05) is 17.7 Å². The molecule has 1 aliphatic heterocycles. The molecule has 1 aromatic carbocycles. The molecule has 2 aromatic rings. The van der Waals surface area contributed by atoms with E-state index < -0.39 is 16.1 Å². The highest BCUT2D eigenvalue weighted by molar-refractivity contribution is 8.18. The molecule has 0 spiro atoms. The smallest absolute Gasteiger partial charge is 0.290 e. The number of carbonyl (C=O) groups excluding carboxylic acids is 2. The van der Waals surface area contributed by atoms with Crippen molar-refractivity contribution in [2.24, 2.45) is 0 Å². The van der Waals surface area contributed by atoms with Crippen LogP contribution in [0.15, 0.2) is 33.6 Å². The van der Waals surface area contributed by atoms with Crippen LogP contribution in [0.1, 0.15) is 5.76 Å². The highest BCUT2D eigenvalue weighted by atomic mass is 35.5. The van der Waals surface area contributed by atoms with Gasteiger partial charge in [-0.15, -0.1) is 0 Å². The minimum Gasteiger partial charge on any atom is -0.457 e. The monoisotopic (exact) mass is 384 g/mol. The highest BCUT2D eigenvalue weighted by Crippen LogP contribution is 2.37. The maximum absolute atomic E-state index is 11.5. The molecular formula is C14H6Cl2N2O5S. The van der Waals surface area contributed by atoms with E-state index in [4.69, 9.17) is 27.6 Å². The van der Waals surface area contributed by atoms with Gasteiger partial charge in [0.15, 0.2) is 0 Å². The van der Waals surface area contributed by atoms with Crippen molar-refractivity contribution in [1.29, 1.82) is 0 Å². The number of nitro groups is 1. The molecule has 0 atom stereocenters. The molecule has 7 nitrogen and oxygen atoms in total. The van der Waals surface area contributed by atoms with Crippen molar-refractivity contribution in [3.63, 3.8) is 0 Å². The highest BCUT2D eigenvalue weighted by Gasteiger charge is 2.25. The Labute approximate surface area is 148 Å². The molecule has 0 unspecified atom stereocenters. The van der Waals surface area contributed by atoms with Gasteiger partial charge in [-0.3, -0.25) is 25.0 Å². The number of amides is 2. The number of nitro benzene ring substituents is 1. The zero-order chi connectivity index (χ0) is 17.4. The molecule has 0 bridgehead atoms. The van der Waals surface area contributed by atoms with Gasteiger partial charge in [0.25, 0.3) is 16.8 Å². The standard InChI is InChI=1S/C14H6Cl2N2O5S/c15-8-5-9(16)10(18(21)22)4-7(8)11-2-1-6(23-11)3-12-13(19)17-14(20)24-12/h1-5H,(H,17,19,20)/b12-3-. The molecule has 1 saturated heterocycles. The fourth-order valence-corrected chi connectivity index (χ4v) is 3.20. The van der Waals surface area contributed by atoms with Crippen molar-refractivity contribution < 1.29 is 18.9 Å². The quantitative estimate of drug-likeness (QED) is 0.475. The number of rotatable bonds is 3. The predicted octanol–water partition coefficient (Wildman–Crippen LogP) is 4.49. The first kappa shape index (κ1) is 16.6. The van der Waals surface area contributed by atoms with Crippen molar-refractivity contribution in [1.82, 2.24) is 5.32 Å². The molecule has 1 aromatic heterocycles. The summed E-state index contributed by atoms with van der Waals surface area (Å²) in [5.74, 6) is 0.0514. The third-order valence-electron chi connectivity index (χ3n) is 3.04. The first-order valence-electron chi connectivity index (χ1n) is 6.33.